The van der Waals surface area contributed by atoms with Crippen molar-refractivity contribution in [3.8, 4) is 16.9 Å². The second kappa shape index (κ2) is 8.44. The number of hydrogen-bond donors (Lipinski definition) is 2. The fourth-order valence-electron chi connectivity index (χ4n) is 5.30. The van der Waals surface area contributed by atoms with E-state index in [0.29, 0.717) is 22.4 Å². The zero-order valence-electron chi connectivity index (χ0n) is 19.5. The van der Waals surface area contributed by atoms with Gasteiger partial charge < -0.3 is 16.0 Å². The molecule has 1 aliphatic rings. The number of benzene rings is 5. The third-order valence-corrected chi connectivity index (χ3v) is 10.1. The molecule has 0 amide bonds. The van der Waals surface area contributed by atoms with Crippen molar-refractivity contribution in [3.63, 3.8) is 0 Å². The van der Waals surface area contributed by atoms with E-state index in [1.165, 1.54) is 0 Å². The maximum atomic E-state index is 15.9. The lowest BCUT2D eigenvalue weighted by atomic mass is 9.83. The normalized spacial score (nSPS) is 16.4. The highest BCUT2D eigenvalue weighted by Crippen LogP contribution is 2.71. The van der Waals surface area contributed by atoms with Crippen molar-refractivity contribution in [1.82, 2.24) is 0 Å². The highest BCUT2D eigenvalue weighted by atomic mass is 31.2. The smallest absolute Gasteiger partial charge is 0.296 e. The Kier molecular flexibility index (Phi) is 5.21. The fourth-order valence-corrected chi connectivity index (χ4v) is 8.60. The standard InChI is InChI=1S/C31H25N2O2P/c32-25-18-14-23(15-19-25)31(22-8-2-1-3-9-22,24-16-20-26(33)21-17-24)36(34)30-13-7-5-11-28(30)27-10-4-6-12-29(27)35-36/h1-21H,32-33H2. The molecule has 1 atom stereocenters. The van der Waals surface area contributed by atoms with Gasteiger partial charge in [0.1, 0.15) is 10.9 Å². The van der Waals surface area contributed by atoms with Gasteiger partial charge in [-0.2, -0.15) is 0 Å². The van der Waals surface area contributed by atoms with E-state index >= 15 is 4.57 Å². The van der Waals surface area contributed by atoms with E-state index in [-0.39, 0.29) is 0 Å². The summed E-state index contributed by atoms with van der Waals surface area (Å²) < 4.78 is 22.7. The van der Waals surface area contributed by atoms with E-state index in [2.05, 4.69) is 0 Å². The van der Waals surface area contributed by atoms with Gasteiger partial charge >= 0.3 is 0 Å². The molecule has 0 bridgehead atoms. The zero-order chi connectivity index (χ0) is 24.8. The monoisotopic (exact) mass is 488 g/mol. The molecule has 4 N–H and O–H groups in total. The van der Waals surface area contributed by atoms with Crippen LogP contribution in [0.25, 0.3) is 11.1 Å². The molecule has 0 saturated heterocycles. The average Bonchev–Trinajstić information content (AvgIpc) is 2.92. The Morgan fingerprint density at radius 3 is 1.61 bits per heavy atom. The molecule has 5 aromatic rings. The minimum atomic E-state index is -3.75. The van der Waals surface area contributed by atoms with Gasteiger partial charge in [0.15, 0.2) is 0 Å². The van der Waals surface area contributed by atoms with Gasteiger partial charge in [-0.3, -0.25) is 4.57 Å². The Labute approximate surface area is 210 Å². The Bertz CT molecular complexity index is 1550. The molecule has 5 heteroatoms. The van der Waals surface area contributed by atoms with Crippen LogP contribution in [0.3, 0.4) is 0 Å². The van der Waals surface area contributed by atoms with Gasteiger partial charge in [-0.1, -0.05) is 91.0 Å². The van der Waals surface area contributed by atoms with Crippen molar-refractivity contribution in [3.05, 3.63) is 144 Å². The van der Waals surface area contributed by atoms with Gasteiger partial charge in [0, 0.05) is 16.9 Å². The molecule has 1 unspecified atom stereocenters. The molecule has 36 heavy (non-hydrogen) atoms. The molecule has 0 fully saturated rings. The van der Waals surface area contributed by atoms with Crippen LogP contribution in [-0.4, -0.2) is 0 Å². The van der Waals surface area contributed by atoms with Gasteiger partial charge in [-0.05, 0) is 58.7 Å². The molecule has 176 valence electrons. The lowest BCUT2D eigenvalue weighted by Gasteiger charge is -2.44. The van der Waals surface area contributed by atoms with Crippen LogP contribution < -0.4 is 21.3 Å². The zero-order valence-corrected chi connectivity index (χ0v) is 20.4. The van der Waals surface area contributed by atoms with Gasteiger partial charge in [-0.15, -0.1) is 0 Å². The Hall–Kier alpha value is -4.27. The van der Waals surface area contributed by atoms with Crippen LogP contribution in [0.4, 0.5) is 11.4 Å². The molecular weight excluding hydrogens is 463 g/mol. The molecule has 0 aliphatic carbocycles. The summed E-state index contributed by atoms with van der Waals surface area (Å²) in [7, 11) is -3.75. The molecule has 4 nitrogen and oxygen atoms in total. The summed E-state index contributed by atoms with van der Waals surface area (Å²) >= 11 is 0. The first-order valence-electron chi connectivity index (χ1n) is 11.8. The minimum absolute atomic E-state index is 0.603. The van der Waals surface area contributed by atoms with Crippen LogP contribution in [0.5, 0.6) is 5.75 Å². The maximum Gasteiger partial charge on any atom is 0.296 e. The van der Waals surface area contributed by atoms with Crippen molar-refractivity contribution >= 4 is 24.0 Å². The molecule has 1 aliphatic heterocycles. The topological polar surface area (TPSA) is 78.3 Å². The lowest BCUT2D eigenvalue weighted by Crippen LogP contribution is -2.38. The maximum absolute atomic E-state index is 15.9. The van der Waals surface area contributed by atoms with Crippen molar-refractivity contribution in [2.75, 3.05) is 11.5 Å². The molecule has 0 aromatic heterocycles. The predicted molar refractivity (Wildman–Crippen MR) is 148 cm³/mol. The first-order chi connectivity index (χ1) is 17.5. The molecule has 6 rings (SSSR count). The summed E-state index contributed by atoms with van der Waals surface area (Å²) in [6, 6.07) is 40.7. The molecule has 1 heterocycles. The molecule has 0 radical (unpaired) electrons. The lowest BCUT2D eigenvalue weighted by molar-refractivity contribution is 0.469. The largest absolute Gasteiger partial charge is 0.438 e. The molecule has 0 spiro atoms. The second-order valence-electron chi connectivity index (χ2n) is 8.98. The third-order valence-electron chi connectivity index (χ3n) is 6.92. The van der Waals surface area contributed by atoms with E-state index < -0.39 is 12.5 Å². The van der Waals surface area contributed by atoms with E-state index in [0.717, 1.165) is 27.8 Å². The summed E-state index contributed by atoms with van der Waals surface area (Å²) in [5.74, 6) is 0.603. The van der Waals surface area contributed by atoms with Gasteiger partial charge in [0.05, 0.1) is 5.30 Å². The second-order valence-corrected chi connectivity index (χ2v) is 11.4. The summed E-state index contributed by atoms with van der Waals surface area (Å²) in [5.41, 5.74) is 17.8. The summed E-state index contributed by atoms with van der Waals surface area (Å²) in [5, 5.41) is -0.486. The number of nitrogen functional groups attached to an aromatic ring is 2. The summed E-state index contributed by atoms with van der Waals surface area (Å²) in [4.78, 5) is 0. The third kappa shape index (κ3) is 3.19. The van der Waals surface area contributed by atoms with E-state index in [9.17, 15) is 0 Å². The Balaban J connectivity index is 1.79. The number of fused-ring (bicyclic) bond motifs is 3. The van der Waals surface area contributed by atoms with Crippen molar-refractivity contribution in [2.24, 2.45) is 0 Å². The average molecular weight is 489 g/mol. The highest BCUT2D eigenvalue weighted by molar-refractivity contribution is 7.69. The van der Waals surface area contributed by atoms with Crippen LogP contribution in [0.15, 0.2) is 127 Å². The van der Waals surface area contributed by atoms with Gasteiger partial charge in [-0.25, -0.2) is 0 Å². The Morgan fingerprint density at radius 2 is 1.00 bits per heavy atom. The van der Waals surface area contributed by atoms with Crippen LogP contribution in [-0.2, 0) is 9.72 Å². The number of nitrogens with two attached hydrogens (primary N) is 2. The van der Waals surface area contributed by atoms with Gasteiger partial charge in [0.2, 0.25) is 0 Å². The number of hydrogen-bond acceptors (Lipinski definition) is 4. The first kappa shape index (κ1) is 22.2. The van der Waals surface area contributed by atoms with E-state index in [4.69, 9.17) is 16.0 Å². The summed E-state index contributed by atoms with van der Waals surface area (Å²) in [6.45, 7) is 0. The fraction of sp³-hybridized carbons (Fsp3) is 0.0323. The number of anilines is 2. The quantitative estimate of drug-likeness (QED) is 0.166. The van der Waals surface area contributed by atoms with E-state index in [1.807, 2.05) is 127 Å². The number of para-hydroxylation sites is 1. The van der Waals surface area contributed by atoms with Crippen LogP contribution in [0.2, 0.25) is 0 Å². The minimum Gasteiger partial charge on any atom is -0.438 e. The molecule has 0 saturated carbocycles. The first-order valence-corrected chi connectivity index (χ1v) is 13.4. The van der Waals surface area contributed by atoms with Gasteiger partial charge in [0.25, 0.3) is 7.37 Å². The number of rotatable bonds is 4. The van der Waals surface area contributed by atoms with Crippen LogP contribution in [0.1, 0.15) is 16.7 Å². The van der Waals surface area contributed by atoms with Crippen LogP contribution in [0, 0.1) is 0 Å². The molecule has 5 aromatic carbocycles. The highest BCUT2D eigenvalue weighted by Gasteiger charge is 2.57. The molecular formula is C31H25N2O2P. The SMILES string of the molecule is Nc1ccc(C(c2ccccc2)(c2ccc(N)cc2)P2(=O)Oc3ccccc3-c3ccccc32)cc1. The summed E-state index contributed by atoms with van der Waals surface area (Å²) in [6.07, 6.45) is 0. The van der Waals surface area contributed by atoms with Crippen molar-refractivity contribution in [1.29, 1.82) is 0 Å². The predicted octanol–water partition coefficient (Wildman–Crippen LogP) is 6.81. The van der Waals surface area contributed by atoms with Crippen molar-refractivity contribution < 1.29 is 9.09 Å². The Morgan fingerprint density at radius 1 is 0.528 bits per heavy atom. The van der Waals surface area contributed by atoms with E-state index in [1.54, 1.807) is 0 Å². The van der Waals surface area contributed by atoms with Crippen molar-refractivity contribution in [2.45, 2.75) is 5.16 Å². The van der Waals surface area contributed by atoms with Crippen LogP contribution >= 0.6 is 7.37 Å².